The minimum Gasteiger partial charge on any atom is -0.380 e. The SMILES string of the molecule is CSc1cccc(NC(=O)Nc2ccc(NC(=O)c3cccc4onc(N)c34)cc2)c1. The lowest BCUT2D eigenvalue weighted by Crippen LogP contribution is -2.19. The summed E-state index contributed by atoms with van der Waals surface area (Å²) in [7, 11) is 0. The van der Waals surface area contributed by atoms with E-state index >= 15 is 0 Å². The lowest BCUT2D eigenvalue weighted by atomic mass is 10.1. The lowest BCUT2D eigenvalue weighted by molar-refractivity contribution is 0.102. The maximum atomic E-state index is 12.7. The molecule has 3 aromatic carbocycles. The van der Waals surface area contributed by atoms with Crippen molar-refractivity contribution in [3.63, 3.8) is 0 Å². The van der Waals surface area contributed by atoms with Crippen LogP contribution in [0.4, 0.5) is 27.7 Å². The molecule has 1 heterocycles. The molecular weight excluding hydrogens is 414 g/mol. The fourth-order valence-corrected chi connectivity index (χ4v) is 3.49. The number of benzene rings is 3. The van der Waals surface area contributed by atoms with Gasteiger partial charge in [-0.25, -0.2) is 4.79 Å². The van der Waals surface area contributed by atoms with Crippen LogP contribution >= 0.6 is 11.8 Å². The summed E-state index contributed by atoms with van der Waals surface area (Å²) in [6.45, 7) is 0. The number of nitrogens with zero attached hydrogens (tertiary/aromatic N) is 1. The van der Waals surface area contributed by atoms with Crippen molar-refractivity contribution in [3.8, 4) is 0 Å². The summed E-state index contributed by atoms with van der Waals surface area (Å²) in [5.41, 5.74) is 8.48. The first-order valence-corrected chi connectivity index (χ1v) is 10.5. The zero-order valence-electron chi connectivity index (χ0n) is 16.5. The van der Waals surface area contributed by atoms with Crippen molar-refractivity contribution < 1.29 is 14.1 Å². The van der Waals surface area contributed by atoms with E-state index in [9.17, 15) is 9.59 Å². The molecule has 0 saturated carbocycles. The van der Waals surface area contributed by atoms with E-state index in [0.717, 1.165) is 4.90 Å². The molecule has 0 unspecified atom stereocenters. The number of fused-ring (bicyclic) bond motifs is 1. The van der Waals surface area contributed by atoms with Gasteiger partial charge in [-0.3, -0.25) is 4.79 Å². The average Bonchev–Trinajstić information content (AvgIpc) is 3.16. The first kappa shape index (κ1) is 20.3. The second-order valence-corrected chi connectivity index (χ2v) is 7.47. The van der Waals surface area contributed by atoms with Gasteiger partial charge in [-0.1, -0.05) is 17.3 Å². The van der Waals surface area contributed by atoms with Gasteiger partial charge in [-0.2, -0.15) is 0 Å². The Hall–Kier alpha value is -3.98. The van der Waals surface area contributed by atoms with Gasteiger partial charge in [-0.05, 0) is 60.9 Å². The highest BCUT2D eigenvalue weighted by Gasteiger charge is 2.16. The highest BCUT2D eigenvalue weighted by atomic mass is 32.2. The Bertz CT molecular complexity index is 1250. The standard InChI is InChI=1S/C22H19N5O3S/c1-31-16-5-2-4-15(12-16)26-22(29)25-14-10-8-13(9-11-14)24-21(28)17-6-3-7-18-19(17)20(23)27-30-18/h2-12H,1H3,(H2,23,27)(H,24,28)(H2,25,26,29). The van der Waals surface area contributed by atoms with Crippen molar-refractivity contribution in [2.24, 2.45) is 0 Å². The molecule has 0 radical (unpaired) electrons. The Morgan fingerprint density at radius 2 is 1.58 bits per heavy atom. The van der Waals surface area contributed by atoms with Gasteiger partial charge < -0.3 is 26.2 Å². The molecule has 8 nitrogen and oxygen atoms in total. The summed E-state index contributed by atoms with van der Waals surface area (Å²) in [4.78, 5) is 26.0. The molecule has 4 aromatic rings. The molecule has 9 heteroatoms. The Kier molecular flexibility index (Phi) is 5.76. The molecule has 0 aliphatic carbocycles. The van der Waals surface area contributed by atoms with Gasteiger partial charge in [-0.15, -0.1) is 11.8 Å². The number of carbonyl (C=O) groups excluding carboxylic acids is 2. The largest absolute Gasteiger partial charge is 0.380 e. The maximum absolute atomic E-state index is 12.7. The van der Waals surface area contributed by atoms with Crippen LogP contribution in [0.3, 0.4) is 0 Å². The second kappa shape index (κ2) is 8.80. The molecule has 0 saturated heterocycles. The first-order chi connectivity index (χ1) is 15.0. The smallest absolute Gasteiger partial charge is 0.323 e. The van der Waals surface area contributed by atoms with Gasteiger partial charge in [0.05, 0.1) is 10.9 Å². The number of anilines is 4. The number of hydrogen-bond donors (Lipinski definition) is 4. The van der Waals surface area contributed by atoms with E-state index < -0.39 is 0 Å². The Morgan fingerprint density at radius 1 is 0.903 bits per heavy atom. The topological polar surface area (TPSA) is 122 Å². The van der Waals surface area contributed by atoms with Crippen molar-refractivity contribution in [2.45, 2.75) is 4.90 Å². The molecule has 3 amide bonds. The zero-order valence-corrected chi connectivity index (χ0v) is 17.3. The number of nitrogens with two attached hydrogens (primary N) is 1. The average molecular weight is 433 g/mol. The Balaban J connectivity index is 1.40. The van der Waals surface area contributed by atoms with Crippen LogP contribution in [0.15, 0.2) is 76.1 Å². The predicted octanol–water partition coefficient (Wildman–Crippen LogP) is 5.03. The van der Waals surface area contributed by atoms with Gasteiger partial charge in [0, 0.05) is 22.0 Å². The molecule has 0 aliphatic heterocycles. The molecule has 0 spiro atoms. The second-order valence-electron chi connectivity index (χ2n) is 6.59. The fraction of sp³-hybridized carbons (Fsp3) is 0.0455. The van der Waals surface area contributed by atoms with Crippen LogP contribution in [0.1, 0.15) is 10.4 Å². The van der Waals surface area contributed by atoms with Gasteiger partial charge in [0.2, 0.25) is 0 Å². The molecule has 5 N–H and O–H groups in total. The number of nitrogen functional groups attached to an aromatic ring is 1. The summed E-state index contributed by atoms with van der Waals surface area (Å²) in [6.07, 6.45) is 1.97. The zero-order chi connectivity index (χ0) is 21.8. The van der Waals surface area contributed by atoms with E-state index in [4.69, 9.17) is 10.3 Å². The molecular formula is C22H19N5O3S. The summed E-state index contributed by atoms with van der Waals surface area (Å²) >= 11 is 1.60. The molecule has 31 heavy (non-hydrogen) atoms. The van der Waals surface area contributed by atoms with Gasteiger partial charge in [0.15, 0.2) is 11.4 Å². The van der Waals surface area contributed by atoms with E-state index in [0.29, 0.717) is 33.6 Å². The lowest BCUT2D eigenvalue weighted by Gasteiger charge is -2.10. The van der Waals surface area contributed by atoms with Crippen LogP contribution in [0, 0.1) is 0 Å². The van der Waals surface area contributed by atoms with Crippen LogP contribution in [-0.4, -0.2) is 23.4 Å². The van der Waals surface area contributed by atoms with E-state index in [1.165, 1.54) is 0 Å². The molecule has 0 atom stereocenters. The number of urea groups is 1. The Morgan fingerprint density at radius 3 is 2.32 bits per heavy atom. The van der Waals surface area contributed by atoms with Crippen molar-refractivity contribution in [2.75, 3.05) is 27.9 Å². The molecule has 1 aromatic heterocycles. The van der Waals surface area contributed by atoms with Crippen LogP contribution < -0.4 is 21.7 Å². The van der Waals surface area contributed by atoms with Crippen molar-refractivity contribution in [3.05, 3.63) is 72.3 Å². The summed E-state index contributed by atoms with van der Waals surface area (Å²) in [6, 6.07) is 19.0. The summed E-state index contributed by atoms with van der Waals surface area (Å²) < 4.78 is 5.10. The van der Waals surface area contributed by atoms with Crippen LogP contribution in [0.2, 0.25) is 0 Å². The number of carbonyl (C=O) groups is 2. The minimum absolute atomic E-state index is 0.161. The predicted molar refractivity (Wildman–Crippen MR) is 124 cm³/mol. The third-order valence-corrected chi connectivity index (χ3v) is 5.22. The summed E-state index contributed by atoms with van der Waals surface area (Å²) in [5, 5.41) is 12.5. The van der Waals surface area contributed by atoms with E-state index in [1.807, 2.05) is 30.5 Å². The summed E-state index contributed by atoms with van der Waals surface area (Å²) in [5.74, 6) is -0.179. The number of nitrogens with one attached hydrogen (secondary N) is 3. The first-order valence-electron chi connectivity index (χ1n) is 9.31. The maximum Gasteiger partial charge on any atom is 0.323 e. The number of amides is 3. The minimum atomic E-state index is -0.357. The van der Waals surface area contributed by atoms with Crippen LogP contribution in [-0.2, 0) is 0 Å². The highest BCUT2D eigenvalue weighted by Crippen LogP contribution is 2.25. The number of thioether (sulfide) groups is 1. The third-order valence-electron chi connectivity index (χ3n) is 4.50. The molecule has 0 aliphatic rings. The number of aromatic nitrogens is 1. The van der Waals surface area contributed by atoms with Crippen LogP contribution in [0.5, 0.6) is 0 Å². The van der Waals surface area contributed by atoms with Gasteiger partial charge in [0.1, 0.15) is 0 Å². The van der Waals surface area contributed by atoms with E-state index in [2.05, 4.69) is 21.1 Å². The molecule has 0 fully saturated rings. The fourth-order valence-electron chi connectivity index (χ4n) is 3.03. The third kappa shape index (κ3) is 4.62. The monoisotopic (exact) mass is 433 g/mol. The number of hydrogen-bond acceptors (Lipinski definition) is 6. The van der Waals surface area contributed by atoms with E-state index in [1.54, 1.807) is 54.2 Å². The molecule has 0 bridgehead atoms. The normalized spacial score (nSPS) is 10.6. The molecule has 4 rings (SSSR count). The van der Waals surface area contributed by atoms with Crippen LogP contribution in [0.25, 0.3) is 11.0 Å². The quantitative estimate of drug-likeness (QED) is 0.328. The van der Waals surface area contributed by atoms with Crippen molar-refractivity contribution in [1.82, 2.24) is 5.16 Å². The van der Waals surface area contributed by atoms with E-state index in [-0.39, 0.29) is 17.8 Å². The molecule has 156 valence electrons. The van der Waals surface area contributed by atoms with Crippen molar-refractivity contribution >= 4 is 57.5 Å². The van der Waals surface area contributed by atoms with Gasteiger partial charge >= 0.3 is 6.03 Å². The van der Waals surface area contributed by atoms with Crippen molar-refractivity contribution in [1.29, 1.82) is 0 Å². The number of rotatable bonds is 5. The highest BCUT2D eigenvalue weighted by molar-refractivity contribution is 7.98. The Labute approximate surface area is 182 Å². The van der Waals surface area contributed by atoms with Gasteiger partial charge in [0.25, 0.3) is 5.91 Å².